The van der Waals surface area contributed by atoms with Crippen molar-refractivity contribution >= 4 is 6.16 Å². The van der Waals surface area contributed by atoms with Gasteiger partial charge in [0.15, 0.2) is 0 Å². The van der Waals surface area contributed by atoms with Crippen molar-refractivity contribution in [1.29, 1.82) is 0 Å². The first-order valence-corrected chi connectivity index (χ1v) is 7.19. The van der Waals surface area contributed by atoms with E-state index in [1.54, 1.807) is 36.4 Å². The Morgan fingerprint density at radius 1 is 1.13 bits per heavy atom. The van der Waals surface area contributed by atoms with Crippen LogP contribution in [0.25, 0.3) is 0 Å². The molecule has 0 unspecified atom stereocenters. The molecule has 0 radical (unpaired) electrons. The van der Waals surface area contributed by atoms with Crippen LogP contribution in [-0.4, -0.2) is 11.3 Å². The van der Waals surface area contributed by atoms with Crippen LogP contribution in [0, 0.1) is 0 Å². The summed E-state index contributed by atoms with van der Waals surface area (Å²) in [4.78, 5) is 15.9. The van der Waals surface area contributed by atoms with Gasteiger partial charge in [-0.2, -0.15) is 0 Å². The minimum absolute atomic E-state index is 0.102. The minimum Gasteiger partial charge on any atom is -0.507 e. The van der Waals surface area contributed by atoms with Gasteiger partial charge in [-0.05, 0) is 23.6 Å². The van der Waals surface area contributed by atoms with Gasteiger partial charge in [-0.25, -0.2) is 4.79 Å². The van der Waals surface area contributed by atoms with E-state index in [1.165, 1.54) is 0 Å². The second kappa shape index (κ2) is 7.93. The zero-order valence-corrected chi connectivity index (χ0v) is 13.0. The summed E-state index contributed by atoms with van der Waals surface area (Å²) in [6.45, 7) is 4.08. The third kappa shape index (κ3) is 4.81. The van der Waals surface area contributed by atoms with Crippen LogP contribution < -0.4 is 4.74 Å². The lowest BCUT2D eigenvalue weighted by Gasteiger charge is -2.10. The van der Waals surface area contributed by atoms with Gasteiger partial charge < -0.3 is 9.84 Å². The maximum atomic E-state index is 11.4. The second-order valence-electron chi connectivity index (χ2n) is 5.15. The van der Waals surface area contributed by atoms with Gasteiger partial charge in [0, 0.05) is 10.8 Å². The van der Waals surface area contributed by atoms with Crippen LogP contribution in [0.1, 0.15) is 30.9 Å². The van der Waals surface area contributed by atoms with Crippen LogP contribution in [0.15, 0.2) is 58.9 Å². The van der Waals surface area contributed by atoms with Crippen LogP contribution in [-0.2, 0) is 11.4 Å². The van der Waals surface area contributed by atoms with Crippen LogP contribution in [0.2, 0.25) is 0 Å². The molecule has 6 nitrogen and oxygen atoms in total. The summed E-state index contributed by atoms with van der Waals surface area (Å²) < 4.78 is 4.88. The van der Waals surface area contributed by atoms with Crippen molar-refractivity contribution in [3.63, 3.8) is 0 Å². The summed E-state index contributed by atoms with van der Waals surface area (Å²) in [6, 6.07) is 13.9. The lowest BCUT2D eigenvalue weighted by atomic mass is 9.99. The third-order valence-corrected chi connectivity index (χ3v) is 3.13. The Bertz CT molecular complexity index is 684. The highest BCUT2D eigenvalue weighted by molar-refractivity contribution is 5.63. The van der Waals surface area contributed by atoms with Crippen molar-refractivity contribution < 1.29 is 19.5 Å². The molecule has 2 rings (SSSR count). The normalized spacial score (nSPS) is 10.9. The minimum atomic E-state index is -0.972. The zero-order chi connectivity index (χ0) is 16.7. The average molecular weight is 314 g/mol. The van der Waals surface area contributed by atoms with Gasteiger partial charge in [0.05, 0.1) is 6.54 Å². The summed E-state index contributed by atoms with van der Waals surface area (Å²) in [6.07, 6.45) is -0.972. The molecule has 0 aliphatic heterocycles. The Kier molecular flexibility index (Phi) is 5.68. The Balaban J connectivity index is 1.87. The summed E-state index contributed by atoms with van der Waals surface area (Å²) in [5.41, 5.74) is 1.45. The van der Waals surface area contributed by atoms with Crippen molar-refractivity contribution in [3.8, 4) is 11.5 Å². The Morgan fingerprint density at radius 3 is 2.57 bits per heavy atom. The number of hydrogen-bond donors (Lipinski definition) is 1. The molecule has 0 heterocycles. The van der Waals surface area contributed by atoms with Crippen molar-refractivity contribution in [2.24, 2.45) is 10.4 Å². The molecule has 0 fully saturated rings. The van der Waals surface area contributed by atoms with E-state index in [1.807, 2.05) is 26.0 Å². The molecular weight excluding hydrogens is 296 g/mol. The fourth-order valence-electron chi connectivity index (χ4n) is 1.98. The molecule has 1 N–H and O–H groups in total. The van der Waals surface area contributed by atoms with E-state index in [9.17, 15) is 9.90 Å². The van der Waals surface area contributed by atoms with E-state index >= 15 is 0 Å². The summed E-state index contributed by atoms with van der Waals surface area (Å²) >= 11 is 0. The van der Waals surface area contributed by atoms with E-state index in [0.717, 1.165) is 5.56 Å². The number of phenols is 1. The molecular formula is C17H18N2O4. The van der Waals surface area contributed by atoms with Crippen molar-refractivity contribution in [2.45, 2.75) is 26.3 Å². The Hall–Kier alpha value is -2.89. The predicted octanol–water partition coefficient (Wildman–Crippen LogP) is 4.60. The van der Waals surface area contributed by atoms with Crippen LogP contribution >= 0.6 is 0 Å². The lowest BCUT2D eigenvalue weighted by molar-refractivity contribution is 0.0932. The quantitative estimate of drug-likeness (QED) is 0.378. The Morgan fingerprint density at radius 2 is 1.87 bits per heavy atom. The third-order valence-electron chi connectivity index (χ3n) is 3.13. The molecule has 0 atom stereocenters. The first kappa shape index (κ1) is 16.5. The van der Waals surface area contributed by atoms with Gasteiger partial charge in [0.2, 0.25) is 0 Å². The second-order valence-corrected chi connectivity index (χ2v) is 5.15. The SMILES string of the molecule is CC(C)c1cccc(C/N=N/OC(=O)Oc2ccccc2)c1O. The highest BCUT2D eigenvalue weighted by Crippen LogP contribution is 2.29. The summed E-state index contributed by atoms with van der Waals surface area (Å²) in [5, 5.41) is 17.2. The molecule has 2 aromatic carbocycles. The van der Waals surface area contributed by atoms with Crippen molar-refractivity contribution in [2.75, 3.05) is 0 Å². The van der Waals surface area contributed by atoms with E-state index in [0.29, 0.717) is 11.3 Å². The molecule has 0 aliphatic carbocycles. The van der Waals surface area contributed by atoms with Crippen molar-refractivity contribution in [1.82, 2.24) is 0 Å². The van der Waals surface area contributed by atoms with E-state index in [2.05, 4.69) is 15.2 Å². The molecule has 0 saturated heterocycles. The molecule has 2 aromatic rings. The monoisotopic (exact) mass is 314 g/mol. The highest BCUT2D eigenvalue weighted by atomic mass is 16.8. The molecule has 0 bridgehead atoms. The number of rotatable bonds is 5. The predicted molar refractivity (Wildman–Crippen MR) is 84.3 cm³/mol. The molecule has 0 saturated carbocycles. The van der Waals surface area contributed by atoms with Gasteiger partial charge in [-0.1, -0.05) is 50.2 Å². The summed E-state index contributed by atoms with van der Waals surface area (Å²) in [7, 11) is 0. The molecule has 120 valence electrons. The molecule has 0 spiro atoms. The first-order valence-electron chi connectivity index (χ1n) is 7.19. The number of para-hydroxylation sites is 2. The van der Waals surface area contributed by atoms with E-state index in [4.69, 9.17) is 4.74 Å². The Labute approximate surface area is 134 Å². The number of phenolic OH excluding ortho intramolecular Hbond substituents is 1. The molecule has 0 aromatic heterocycles. The number of nitrogens with zero attached hydrogens (tertiary/aromatic N) is 2. The fourth-order valence-corrected chi connectivity index (χ4v) is 1.98. The van der Waals surface area contributed by atoms with Gasteiger partial charge in [0.1, 0.15) is 11.5 Å². The van der Waals surface area contributed by atoms with Crippen LogP contribution in [0.4, 0.5) is 4.79 Å². The lowest BCUT2D eigenvalue weighted by Crippen LogP contribution is -2.06. The van der Waals surface area contributed by atoms with Gasteiger partial charge in [0.25, 0.3) is 0 Å². The molecule has 23 heavy (non-hydrogen) atoms. The average Bonchev–Trinajstić information content (AvgIpc) is 2.53. The number of aromatic hydroxyl groups is 1. The number of benzene rings is 2. The highest BCUT2D eigenvalue weighted by Gasteiger charge is 2.10. The first-order chi connectivity index (χ1) is 11.1. The number of carbonyl (C=O) groups excluding carboxylic acids is 1. The number of carbonyl (C=O) groups is 1. The van der Waals surface area contributed by atoms with Crippen LogP contribution in [0.3, 0.4) is 0 Å². The maximum absolute atomic E-state index is 11.4. The van der Waals surface area contributed by atoms with Crippen LogP contribution in [0.5, 0.6) is 11.5 Å². The maximum Gasteiger partial charge on any atom is 0.542 e. The fraction of sp³-hybridized carbons (Fsp3) is 0.235. The largest absolute Gasteiger partial charge is 0.542 e. The number of hydrogen-bond acceptors (Lipinski definition) is 6. The van der Waals surface area contributed by atoms with E-state index < -0.39 is 6.16 Å². The standard InChI is InChI=1S/C17H18N2O4/c1-12(2)15-10-6-7-13(16(15)20)11-18-19-23-17(21)22-14-8-4-3-5-9-14/h3-10,12,20H,11H2,1-2H3/b19-18+. The van der Waals surface area contributed by atoms with Gasteiger partial charge in [-0.15, -0.1) is 5.11 Å². The van der Waals surface area contributed by atoms with Crippen molar-refractivity contribution in [3.05, 3.63) is 59.7 Å². The van der Waals surface area contributed by atoms with Gasteiger partial charge >= 0.3 is 6.16 Å². The number of ether oxygens (including phenoxy) is 1. The molecule has 6 heteroatoms. The van der Waals surface area contributed by atoms with E-state index in [-0.39, 0.29) is 18.2 Å². The zero-order valence-electron chi connectivity index (χ0n) is 13.0. The molecule has 0 aliphatic rings. The smallest absolute Gasteiger partial charge is 0.507 e. The topological polar surface area (TPSA) is 80.5 Å². The van der Waals surface area contributed by atoms with Gasteiger partial charge in [-0.3, -0.25) is 4.84 Å². The summed E-state index contributed by atoms with van der Waals surface area (Å²) in [5.74, 6) is 0.743. The molecule has 0 amide bonds.